The van der Waals surface area contributed by atoms with Crippen LogP contribution < -0.4 is 0 Å². The van der Waals surface area contributed by atoms with Crippen molar-refractivity contribution in [2.75, 3.05) is 6.61 Å². The molecule has 18 heavy (non-hydrogen) atoms. The fraction of sp³-hybridized carbons (Fsp3) is 1.00. The monoisotopic (exact) mass is 256 g/mol. The van der Waals surface area contributed by atoms with E-state index in [4.69, 9.17) is 9.84 Å². The lowest BCUT2D eigenvalue weighted by Gasteiger charge is -2.00. The van der Waals surface area contributed by atoms with E-state index in [1.54, 1.807) is 0 Å². The Bertz CT molecular complexity index is 182. The van der Waals surface area contributed by atoms with Crippen LogP contribution in [0.5, 0.6) is 0 Å². The Hall–Kier alpha value is -0.0800. The lowest BCUT2D eigenvalue weighted by atomic mass is 10.0. The molecule has 0 aromatic heterocycles. The smallest absolute Gasteiger partial charge is 0.0841 e. The number of aliphatic hydroxyl groups excluding tert-OH is 1. The molecule has 0 unspecified atom stereocenters. The molecular formula is C16H32O2. The van der Waals surface area contributed by atoms with Gasteiger partial charge < -0.3 is 9.84 Å². The maximum atomic E-state index is 8.70. The van der Waals surface area contributed by atoms with Crippen molar-refractivity contribution < 1.29 is 9.84 Å². The van der Waals surface area contributed by atoms with Crippen molar-refractivity contribution in [1.82, 2.24) is 0 Å². The van der Waals surface area contributed by atoms with E-state index in [0.717, 1.165) is 19.3 Å². The van der Waals surface area contributed by atoms with Crippen LogP contribution in [-0.4, -0.2) is 23.9 Å². The van der Waals surface area contributed by atoms with Crippen LogP contribution in [0.25, 0.3) is 0 Å². The van der Waals surface area contributed by atoms with Gasteiger partial charge in [0.05, 0.1) is 12.2 Å². The summed E-state index contributed by atoms with van der Waals surface area (Å²) in [7, 11) is 0. The van der Waals surface area contributed by atoms with E-state index in [-0.39, 0.29) is 0 Å². The summed E-state index contributed by atoms with van der Waals surface area (Å²) in [4.78, 5) is 0. The van der Waals surface area contributed by atoms with Crippen LogP contribution in [0.3, 0.4) is 0 Å². The van der Waals surface area contributed by atoms with Gasteiger partial charge in [0.2, 0.25) is 0 Å². The van der Waals surface area contributed by atoms with Gasteiger partial charge in [-0.3, -0.25) is 0 Å². The van der Waals surface area contributed by atoms with E-state index in [1.165, 1.54) is 57.8 Å². The first kappa shape index (κ1) is 16.0. The molecule has 0 aromatic carbocycles. The van der Waals surface area contributed by atoms with E-state index in [1.807, 2.05) is 0 Å². The minimum absolute atomic E-state index is 0.329. The number of epoxide rings is 1. The van der Waals surface area contributed by atoms with Crippen LogP contribution >= 0.6 is 0 Å². The molecule has 0 spiro atoms. The topological polar surface area (TPSA) is 32.8 Å². The zero-order chi connectivity index (χ0) is 13.1. The van der Waals surface area contributed by atoms with Gasteiger partial charge in [-0.2, -0.15) is 0 Å². The predicted octanol–water partition coefficient (Wildman–Crippen LogP) is 4.45. The zero-order valence-corrected chi connectivity index (χ0v) is 12.2. The molecule has 1 aliphatic rings. The third-order valence-electron chi connectivity index (χ3n) is 3.93. The highest BCUT2D eigenvalue weighted by atomic mass is 16.6. The van der Waals surface area contributed by atoms with Crippen LogP contribution in [0.15, 0.2) is 0 Å². The van der Waals surface area contributed by atoms with Gasteiger partial charge in [0.1, 0.15) is 0 Å². The Morgan fingerprint density at radius 3 is 1.78 bits per heavy atom. The summed E-state index contributed by atoms with van der Waals surface area (Å²) >= 11 is 0. The first-order chi connectivity index (χ1) is 8.88. The first-order valence-electron chi connectivity index (χ1n) is 8.14. The molecule has 2 atom stereocenters. The van der Waals surface area contributed by atoms with E-state index >= 15 is 0 Å². The Morgan fingerprint density at radius 1 is 0.722 bits per heavy atom. The molecule has 1 aliphatic heterocycles. The quantitative estimate of drug-likeness (QED) is 0.390. The number of unbranched alkanes of at least 4 members (excludes halogenated alkanes) is 8. The lowest BCUT2D eigenvalue weighted by Crippen LogP contribution is -1.95. The van der Waals surface area contributed by atoms with Gasteiger partial charge in [-0.1, -0.05) is 58.3 Å². The van der Waals surface area contributed by atoms with Crippen molar-refractivity contribution in [1.29, 1.82) is 0 Å². The summed E-state index contributed by atoms with van der Waals surface area (Å²) in [6, 6.07) is 0. The normalized spacial score (nSPS) is 22.3. The summed E-state index contributed by atoms with van der Waals surface area (Å²) in [6.45, 7) is 2.60. The standard InChI is InChI=1S/C16H32O2/c1-2-3-4-5-6-7-8-9-12-15-16(18-15)13-10-11-14-17/h15-17H,2-14H2,1H3/t15-,16-/m0/s1. The Labute approximate surface area is 113 Å². The average molecular weight is 256 g/mol. The van der Waals surface area contributed by atoms with E-state index in [9.17, 15) is 0 Å². The number of aliphatic hydroxyl groups is 1. The van der Waals surface area contributed by atoms with Crippen molar-refractivity contribution >= 4 is 0 Å². The maximum Gasteiger partial charge on any atom is 0.0841 e. The van der Waals surface area contributed by atoms with Gasteiger partial charge in [-0.15, -0.1) is 0 Å². The SMILES string of the molecule is CCCCCCCCCC[C@@H]1O[C@H]1CCCCO. The Kier molecular flexibility index (Phi) is 9.59. The van der Waals surface area contributed by atoms with E-state index < -0.39 is 0 Å². The summed E-state index contributed by atoms with van der Waals surface area (Å²) in [5.74, 6) is 0. The number of rotatable bonds is 13. The molecular weight excluding hydrogens is 224 g/mol. The molecule has 1 N–H and O–H groups in total. The molecule has 0 bridgehead atoms. The van der Waals surface area contributed by atoms with Crippen molar-refractivity contribution in [3.05, 3.63) is 0 Å². The van der Waals surface area contributed by atoms with Crippen LogP contribution in [0.1, 0.15) is 84.0 Å². The van der Waals surface area contributed by atoms with Crippen molar-refractivity contribution in [2.45, 2.75) is 96.2 Å². The molecule has 0 aromatic rings. The molecule has 0 radical (unpaired) electrons. The Morgan fingerprint density at radius 2 is 1.22 bits per heavy atom. The molecule has 0 saturated carbocycles. The fourth-order valence-electron chi connectivity index (χ4n) is 2.62. The maximum absolute atomic E-state index is 8.70. The van der Waals surface area contributed by atoms with Crippen LogP contribution in [-0.2, 0) is 4.74 Å². The largest absolute Gasteiger partial charge is 0.396 e. The van der Waals surface area contributed by atoms with Gasteiger partial charge >= 0.3 is 0 Å². The second-order valence-electron chi connectivity index (χ2n) is 5.70. The molecule has 2 nitrogen and oxygen atoms in total. The number of ether oxygens (including phenoxy) is 1. The summed E-state index contributed by atoms with van der Waals surface area (Å²) in [5.41, 5.74) is 0. The highest BCUT2D eigenvalue weighted by Crippen LogP contribution is 2.31. The average Bonchev–Trinajstić information content (AvgIpc) is 3.12. The third-order valence-corrected chi connectivity index (χ3v) is 3.93. The second kappa shape index (κ2) is 10.8. The van der Waals surface area contributed by atoms with Crippen molar-refractivity contribution in [3.8, 4) is 0 Å². The Balaban J connectivity index is 1.74. The predicted molar refractivity (Wildman–Crippen MR) is 76.8 cm³/mol. The molecule has 0 aliphatic carbocycles. The third kappa shape index (κ3) is 8.10. The highest BCUT2D eigenvalue weighted by Gasteiger charge is 2.36. The van der Waals surface area contributed by atoms with Crippen LogP contribution in [0, 0.1) is 0 Å². The molecule has 1 saturated heterocycles. The van der Waals surface area contributed by atoms with Gasteiger partial charge in [-0.05, 0) is 25.7 Å². The number of hydrogen-bond donors (Lipinski definition) is 1. The van der Waals surface area contributed by atoms with Gasteiger partial charge in [-0.25, -0.2) is 0 Å². The van der Waals surface area contributed by atoms with Gasteiger partial charge in [0.15, 0.2) is 0 Å². The van der Waals surface area contributed by atoms with Gasteiger partial charge in [0, 0.05) is 6.61 Å². The molecule has 1 fully saturated rings. The highest BCUT2D eigenvalue weighted by molar-refractivity contribution is 4.84. The zero-order valence-electron chi connectivity index (χ0n) is 12.2. The van der Waals surface area contributed by atoms with Crippen LogP contribution in [0.2, 0.25) is 0 Å². The lowest BCUT2D eigenvalue weighted by molar-refractivity contribution is 0.278. The minimum Gasteiger partial charge on any atom is -0.396 e. The summed E-state index contributed by atoms with van der Waals surface area (Å²) in [5, 5.41) is 8.70. The van der Waals surface area contributed by atoms with Crippen LogP contribution in [0.4, 0.5) is 0 Å². The fourth-order valence-corrected chi connectivity index (χ4v) is 2.62. The molecule has 1 heterocycles. The van der Waals surface area contributed by atoms with E-state index in [0.29, 0.717) is 18.8 Å². The molecule has 108 valence electrons. The molecule has 0 amide bonds. The van der Waals surface area contributed by atoms with Crippen molar-refractivity contribution in [2.24, 2.45) is 0 Å². The first-order valence-corrected chi connectivity index (χ1v) is 8.14. The summed E-state index contributed by atoms with van der Waals surface area (Å²) in [6.07, 6.45) is 16.7. The second-order valence-corrected chi connectivity index (χ2v) is 5.70. The molecule has 2 heteroatoms. The summed E-state index contributed by atoms with van der Waals surface area (Å²) < 4.78 is 5.64. The van der Waals surface area contributed by atoms with Crippen molar-refractivity contribution in [3.63, 3.8) is 0 Å². The molecule has 1 rings (SSSR count). The minimum atomic E-state index is 0.329. The van der Waals surface area contributed by atoms with Gasteiger partial charge in [0.25, 0.3) is 0 Å². The van der Waals surface area contributed by atoms with E-state index in [2.05, 4.69) is 6.92 Å². The number of hydrogen-bond acceptors (Lipinski definition) is 2.